The quantitative estimate of drug-likeness (QED) is 0.183. The van der Waals surface area contributed by atoms with Gasteiger partial charge in [-0.3, -0.25) is 14.3 Å². The van der Waals surface area contributed by atoms with Gasteiger partial charge in [-0.1, -0.05) is 60.7 Å². The van der Waals surface area contributed by atoms with Crippen LogP contribution in [0.5, 0.6) is 0 Å². The van der Waals surface area contributed by atoms with Crippen molar-refractivity contribution in [1.29, 1.82) is 0 Å². The van der Waals surface area contributed by atoms with Crippen molar-refractivity contribution in [3.63, 3.8) is 0 Å². The fourth-order valence-electron chi connectivity index (χ4n) is 5.54. The van der Waals surface area contributed by atoms with Gasteiger partial charge in [-0.15, -0.1) is 11.3 Å². The number of hydrogen-bond donors (Lipinski definition) is 0. The molecule has 35 heavy (non-hydrogen) atoms. The minimum absolute atomic E-state index is 0.146. The van der Waals surface area contributed by atoms with Crippen molar-refractivity contribution in [2.24, 2.45) is 0 Å². The summed E-state index contributed by atoms with van der Waals surface area (Å²) in [6.45, 7) is 4.39. The topological polar surface area (TPSA) is 23.3 Å². The summed E-state index contributed by atoms with van der Waals surface area (Å²) >= 11 is 1.76. The maximum atomic E-state index is 13.6. The molecule has 176 valence electrons. The fraction of sp³-hybridized carbons (Fsp3) is 0.290. The SMILES string of the molecule is O=c1c2cc(C=Cc3ccccc3)ccc2sc2c(CN3CCC[N+]4=C3CCCCC4)cccc12. The molecule has 0 fully saturated rings. The molecule has 4 aromatic rings. The Balaban J connectivity index is 1.37. The second-order valence-electron chi connectivity index (χ2n) is 9.71. The molecule has 0 bridgehead atoms. The Morgan fingerprint density at radius 2 is 1.69 bits per heavy atom. The Hall–Kier alpha value is -3.24. The predicted octanol–water partition coefficient (Wildman–Crippen LogP) is 6.78. The molecule has 0 amide bonds. The van der Waals surface area contributed by atoms with E-state index in [0.29, 0.717) is 0 Å². The van der Waals surface area contributed by atoms with Crippen molar-refractivity contribution in [2.75, 3.05) is 19.6 Å². The predicted molar refractivity (Wildman–Crippen MR) is 149 cm³/mol. The summed E-state index contributed by atoms with van der Waals surface area (Å²) in [5, 5.41) is 1.67. The number of benzene rings is 3. The minimum atomic E-state index is 0.146. The van der Waals surface area contributed by atoms with Gasteiger partial charge in [-0.25, -0.2) is 0 Å². The number of nitrogens with zero attached hydrogens (tertiary/aromatic N) is 2. The molecule has 2 aliphatic rings. The molecule has 0 saturated carbocycles. The lowest BCUT2D eigenvalue weighted by molar-refractivity contribution is -0.539. The van der Waals surface area contributed by atoms with Crippen molar-refractivity contribution < 1.29 is 4.58 Å². The summed E-state index contributed by atoms with van der Waals surface area (Å²) < 4.78 is 4.82. The summed E-state index contributed by atoms with van der Waals surface area (Å²) in [4.78, 5) is 16.2. The van der Waals surface area contributed by atoms with Crippen LogP contribution in [-0.2, 0) is 6.54 Å². The van der Waals surface area contributed by atoms with Gasteiger partial charge < -0.3 is 0 Å². The van der Waals surface area contributed by atoms with Crippen LogP contribution in [0.4, 0.5) is 0 Å². The third-order valence-corrected chi connectivity index (χ3v) is 8.61. The zero-order valence-corrected chi connectivity index (χ0v) is 20.9. The van der Waals surface area contributed by atoms with Crippen molar-refractivity contribution in [3.05, 3.63) is 93.6 Å². The van der Waals surface area contributed by atoms with E-state index in [-0.39, 0.29) is 5.43 Å². The molecule has 0 N–H and O–H groups in total. The highest BCUT2D eigenvalue weighted by Crippen LogP contribution is 2.30. The van der Waals surface area contributed by atoms with E-state index in [1.807, 2.05) is 30.3 Å². The molecule has 0 unspecified atom stereocenters. The number of fused-ring (bicyclic) bond motifs is 2. The lowest BCUT2D eigenvalue weighted by Gasteiger charge is -2.26. The highest BCUT2D eigenvalue weighted by atomic mass is 32.1. The third kappa shape index (κ3) is 4.55. The third-order valence-electron chi connectivity index (χ3n) is 7.35. The van der Waals surface area contributed by atoms with Crippen LogP contribution in [0.1, 0.15) is 48.8 Å². The standard InChI is InChI=1S/C31H31N2OS/c34-30-26-12-7-11-25(22-33-20-8-19-32-18-6-2-5-13-29(32)33)31(26)35-28-17-16-24(21-27(28)30)15-14-23-9-3-1-4-10-23/h1,3-4,7,9-12,14-17,21H,2,5-6,8,13,18-20,22H2/q+1. The summed E-state index contributed by atoms with van der Waals surface area (Å²) in [6, 6.07) is 22.8. The van der Waals surface area contributed by atoms with Crippen LogP contribution in [-0.4, -0.2) is 34.9 Å². The summed E-state index contributed by atoms with van der Waals surface area (Å²) in [5.74, 6) is 1.52. The number of rotatable bonds is 4. The highest BCUT2D eigenvalue weighted by Gasteiger charge is 2.29. The van der Waals surface area contributed by atoms with E-state index in [1.54, 1.807) is 11.3 Å². The van der Waals surface area contributed by atoms with Crippen LogP contribution >= 0.6 is 11.3 Å². The Morgan fingerprint density at radius 3 is 2.60 bits per heavy atom. The average Bonchev–Trinajstić information content (AvgIpc) is 3.15. The molecular formula is C31H31N2OS+. The first-order valence-corrected chi connectivity index (χ1v) is 13.7. The number of amidine groups is 1. The van der Waals surface area contributed by atoms with Crippen LogP contribution in [0.3, 0.4) is 0 Å². The van der Waals surface area contributed by atoms with E-state index < -0.39 is 0 Å². The molecule has 0 radical (unpaired) electrons. The van der Waals surface area contributed by atoms with Gasteiger partial charge in [0.25, 0.3) is 0 Å². The van der Waals surface area contributed by atoms with Crippen LogP contribution < -0.4 is 5.43 Å². The maximum absolute atomic E-state index is 13.6. The second kappa shape index (κ2) is 9.79. The molecule has 0 spiro atoms. The lowest BCUT2D eigenvalue weighted by atomic mass is 10.1. The van der Waals surface area contributed by atoms with Crippen molar-refractivity contribution in [3.8, 4) is 0 Å². The van der Waals surface area contributed by atoms with Crippen LogP contribution in [0.15, 0.2) is 71.5 Å². The van der Waals surface area contributed by atoms with E-state index in [9.17, 15) is 4.79 Å². The van der Waals surface area contributed by atoms with E-state index in [0.717, 1.165) is 44.4 Å². The molecule has 6 rings (SSSR count). The Bertz CT molecular complexity index is 1500. The Labute approximate surface area is 210 Å². The highest BCUT2D eigenvalue weighted by molar-refractivity contribution is 7.24. The molecular weight excluding hydrogens is 448 g/mol. The smallest absolute Gasteiger partial charge is 0.247 e. The van der Waals surface area contributed by atoms with Crippen molar-refractivity contribution in [1.82, 2.24) is 4.90 Å². The van der Waals surface area contributed by atoms with E-state index in [4.69, 9.17) is 0 Å². The zero-order chi connectivity index (χ0) is 23.6. The minimum Gasteiger partial charge on any atom is -0.289 e. The van der Waals surface area contributed by atoms with Gasteiger partial charge in [0, 0.05) is 38.6 Å². The van der Waals surface area contributed by atoms with E-state index >= 15 is 0 Å². The first-order valence-electron chi connectivity index (χ1n) is 12.8. The normalized spacial score (nSPS) is 16.7. The van der Waals surface area contributed by atoms with Gasteiger partial charge in [0.05, 0.1) is 19.6 Å². The molecule has 0 atom stereocenters. The van der Waals surface area contributed by atoms with E-state index in [1.165, 1.54) is 56.6 Å². The molecule has 4 heteroatoms. The Morgan fingerprint density at radius 1 is 0.829 bits per heavy atom. The molecule has 1 aromatic heterocycles. The van der Waals surface area contributed by atoms with Crippen LogP contribution in [0.2, 0.25) is 0 Å². The molecule has 3 heterocycles. The summed E-state index contributed by atoms with van der Waals surface area (Å²) in [5.41, 5.74) is 3.63. The zero-order valence-electron chi connectivity index (χ0n) is 20.1. The van der Waals surface area contributed by atoms with Crippen molar-refractivity contribution in [2.45, 2.75) is 38.6 Å². The van der Waals surface area contributed by atoms with Crippen LogP contribution in [0, 0.1) is 0 Å². The molecule has 3 nitrogen and oxygen atoms in total. The average molecular weight is 480 g/mol. The molecule has 0 saturated heterocycles. The first-order chi connectivity index (χ1) is 17.3. The number of hydrogen-bond acceptors (Lipinski definition) is 3. The summed E-state index contributed by atoms with van der Waals surface area (Å²) in [7, 11) is 0. The first kappa shape index (κ1) is 22.2. The maximum Gasteiger partial charge on any atom is 0.247 e. The van der Waals surface area contributed by atoms with Gasteiger partial charge in [0.2, 0.25) is 5.84 Å². The Kier molecular flexibility index (Phi) is 6.22. The molecule has 3 aromatic carbocycles. The fourth-order valence-corrected chi connectivity index (χ4v) is 6.70. The van der Waals surface area contributed by atoms with Gasteiger partial charge in [-0.05, 0) is 48.6 Å². The summed E-state index contributed by atoms with van der Waals surface area (Å²) in [6.07, 6.45) is 10.5. The van der Waals surface area contributed by atoms with Gasteiger partial charge in [0.1, 0.15) is 6.54 Å². The van der Waals surface area contributed by atoms with E-state index in [2.05, 4.69) is 58.0 Å². The monoisotopic (exact) mass is 479 g/mol. The molecule has 0 aliphatic carbocycles. The van der Waals surface area contributed by atoms with Gasteiger partial charge >= 0.3 is 0 Å². The second-order valence-corrected chi connectivity index (χ2v) is 10.8. The largest absolute Gasteiger partial charge is 0.289 e. The van der Waals surface area contributed by atoms with Gasteiger partial charge in [0.15, 0.2) is 5.43 Å². The van der Waals surface area contributed by atoms with Gasteiger partial charge in [-0.2, -0.15) is 0 Å². The molecule has 2 aliphatic heterocycles. The lowest BCUT2D eigenvalue weighted by Crippen LogP contribution is -2.43. The van der Waals surface area contributed by atoms with Crippen LogP contribution in [0.25, 0.3) is 32.3 Å². The van der Waals surface area contributed by atoms with Crippen molar-refractivity contribution >= 4 is 49.5 Å².